The lowest BCUT2D eigenvalue weighted by molar-refractivity contribution is -0.146. The van der Waals surface area contributed by atoms with Crippen LogP contribution in [0.3, 0.4) is 0 Å². The standard InChI is InChI=1S/C24H34O7/c1-7-30-21-15-16(24(6)10-8-9-23(4,5)22(24)20(21)29)19(28)18(27)14(17(15)26)12(2)11-31-13(3)25/h12,20-22,26,29H,7-11H2,1-6H3/t12-,20+,21-,22-,24+/m0/s1. The Kier molecular flexibility index (Phi) is 6.24. The van der Waals surface area contributed by atoms with Crippen molar-refractivity contribution >= 4 is 17.5 Å². The second kappa shape index (κ2) is 8.17. The molecule has 7 heteroatoms. The Hall–Kier alpha value is -1.99. The van der Waals surface area contributed by atoms with E-state index < -0.39 is 41.1 Å². The van der Waals surface area contributed by atoms with Gasteiger partial charge in [0.15, 0.2) is 0 Å². The maximum Gasteiger partial charge on any atom is 0.302 e. The van der Waals surface area contributed by atoms with Gasteiger partial charge in [-0.05, 0) is 25.2 Å². The molecule has 0 saturated heterocycles. The molecule has 1 fully saturated rings. The summed E-state index contributed by atoms with van der Waals surface area (Å²) in [7, 11) is 0. The van der Waals surface area contributed by atoms with E-state index in [-0.39, 0.29) is 47.0 Å². The fourth-order valence-electron chi connectivity index (χ4n) is 6.27. The number of ether oxygens (including phenoxy) is 2. The predicted octanol–water partition coefficient (Wildman–Crippen LogP) is 3.06. The first-order valence-corrected chi connectivity index (χ1v) is 11.1. The number of allylic oxidation sites excluding steroid dienone is 1. The van der Waals surface area contributed by atoms with Crippen molar-refractivity contribution in [1.82, 2.24) is 0 Å². The van der Waals surface area contributed by atoms with Crippen molar-refractivity contribution in [3.8, 4) is 0 Å². The van der Waals surface area contributed by atoms with Crippen molar-refractivity contribution in [3.63, 3.8) is 0 Å². The largest absolute Gasteiger partial charge is 0.507 e. The number of ketones is 2. The zero-order chi connectivity index (χ0) is 23.3. The fourth-order valence-corrected chi connectivity index (χ4v) is 6.27. The van der Waals surface area contributed by atoms with Crippen molar-refractivity contribution in [3.05, 3.63) is 22.5 Å². The van der Waals surface area contributed by atoms with E-state index in [0.29, 0.717) is 6.42 Å². The van der Waals surface area contributed by atoms with Gasteiger partial charge < -0.3 is 19.7 Å². The first kappa shape index (κ1) is 23.7. The van der Waals surface area contributed by atoms with Gasteiger partial charge in [-0.3, -0.25) is 14.4 Å². The van der Waals surface area contributed by atoms with Gasteiger partial charge in [0, 0.05) is 41.9 Å². The van der Waals surface area contributed by atoms with Gasteiger partial charge in [0.2, 0.25) is 11.6 Å². The number of hydrogen-bond donors (Lipinski definition) is 2. The highest BCUT2D eigenvalue weighted by Crippen LogP contribution is 2.61. The number of carbonyl (C=O) groups is 3. The van der Waals surface area contributed by atoms with Crippen molar-refractivity contribution in [2.24, 2.45) is 22.7 Å². The maximum absolute atomic E-state index is 13.5. The molecule has 0 amide bonds. The molecular weight excluding hydrogens is 400 g/mol. The van der Waals surface area contributed by atoms with Crippen LogP contribution in [0.5, 0.6) is 0 Å². The molecule has 0 aromatic rings. The van der Waals surface area contributed by atoms with Gasteiger partial charge in [-0.25, -0.2) is 0 Å². The molecule has 0 heterocycles. The van der Waals surface area contributed by atoms with Gasteiger partial charge in [-0.1, -0.05) is 34.1 Å². The van der Waals surface area contributed by atoms with E-state index in [1.165, 1.54) is 6.92 Å². The predicted molar refractivity (Wildman–Crippen MR) is 113 cm³/mol. The van der Waals surface area contributed by atoms with Crippen LogP contribution in [0.2, 0.25) is 0 Å². The molecular formula is C24H34O7. The Labute approximate surface area is 183 Å². The van der Waals surface area contributed by atoms with E-state index in [1.807, 2.05) is 6.92 Å². The van der Waals surface area contributed by atoms with Crippen LogP contribution in [0, 0.1) is 22.7 Å². The summed E-state index contributed by atoms with van der Waals surface area (Å²) >= 11 is 0. The molecule has 3 rings (SSSR count). The molecule has 2 N–H and O–H groups in total. The van der Waals surface area contributed by atoms with Gasteiger partial charge in [-0.2, -0.15) is 0 Å². The Bertz CT molecular complexity index is 865. The lowest BCUT2D eigenvalue weighted by Crippen LogP contribution is -2.60. The number of aliphatic hydroxyl groups is 2. The molecule has 0 aromatic heterocycles. The van der Waals surface area contributed by atoms with Gasteiger partial charge in [-0.15, -0.1) is 0 Å². The fraction of sp³-hybridized carbons (Fsp3) is 0.708. The van der Waals surface area contributed by atoms with Crippen LogP contribution >= 0.6 is 0 Å². The number of aliphatic hydroxyl groups excluding tert-OH is 2. The molecule has 0 bridgehead atoms. The topological polar surface area (TPSA) is 110 Å². The molecule has 5 atom stereocenters. The Morgan fingerprint density at radius 3 is 2.42 bits per heavy atom. The highest BCUT2D eigenvalue weighted by molar-refractivity contribution is 6.50. The first-order valence-electron chi connectivity index (χ1n) is 11.1. The van der Waals surface area contributed by atoms with Gasteiger partial charge in [0.1, 0.15) is 11.9 Å². The molecule has 3 aliphatic rings. The third-order valence-electron chi connectivity index (χ3n) is 7.39. The number of carbonyl (C=O) groups excluding carboxylic acids is 3. The highest BCUT2D eigenvalue weighted by Gasteiger charge is 2.61. The minimum absolute atomic E-state index is 0.0842. The number of esters is 1. The first-order chi connectivity index (χ1) is 14.4. The highest BCUT2D eigenvalue weighted by atomic mass is 16.5. The molecule has 0 spiro atoms. The Morgan fingerprint density at radius 2 is 1.84 bits per heavy atom. The molecule has 0 aliphatic heterocycles. The maximum atomic E-state index is 13.5. The summed E-state index contributed by atoms with van der Waals surface area (Å²) in [6.07, 6.45) is 0.529. The van der Waals surface area contributed by atoms with E-state index in [2.05, 4.69) is 13.8 Å². The summed E-state index contributed by atoms with van der Waals surface area (Å²) in [5, 5.41) is 22.7. The van der Waals surface area contributed by atoms with E-state index in [1.54, 1.807) is 13.8 Å². The van der Waals surface area contributed by atoms with Crippen LogP contribution in [-0.4, -0.2) is 53.2 Å². The van der Waals surface area contributed by atoms with Gasteiger partial charge in [0.25, 0.3) is 0 Å². The van der Waals surface area contributed by atoms with Crippen LogP contribution in [-0.2, 0) is 23.9 Å². The number of rotatable bonds is 5. The zero-order valence-electron chi connectivity index (χ0n) is 19.3. The average molecular weight is 435 g/mol. The second-order valence-corrected chi connectivity index (χ2v) is 10.0. The molecule has 0 radical (unpaired) electrons. The third kappa shape index (κ3) is 3.65. The molecule has 1 saturated carbocycles. The minimum Gasteiger partial charge on any atom is -0.507 e. The van der Waals surface area contributed by atoms with E-state index in [9.17, 15) is 24.6 Å². The second-order valence-electron chi connectivity index (χ2n) is 10.0. The SMILES string of the molecule is CCO[C@H]1C2=C(C(=O)C(=O)C([C@@H](C)COC(C)=O)=C2O)[C@@]2(C)CCCC(C)(C)[C@@H]2[C@@H]1O. The van der Waals surface area contributed by atoms with Crippen LogP contribution in [0.15, 0.2) is 22.5 Å². The molecule has 0 aromatic carbocycles. The van der Waals surface area contributed by atoms with Gasteiger partial charge >= 0.3 is 5.97 Å². The van der Waals surface area contributed by atoms with Crippen LogP contribution in [0.4, 0.5) is 0 Å². The Balaban J connectivity index is 2.24. The molecule has 31 heavy (non-hydrogen) atoms. The number of fused-ring (bicyclic) bond motifs is 2. The summed E-state index contributed by atoms with van der Waals surface area (Å²) in [4.78, 5) is 37.9. The van der Waals surface area contributed by atoms with Crippen molar-refractivity contribution in [2.75, 3.05) is 13.2 Å². The van der Waals surface area contributed by atoms with E-state index in [4.69, 9.17) is 9.47 Å². The number of hydrogen-bond acceptors (Lipinski definition) is 7. The van der Waals surface area contributed by atoms with Crippen LogP contribution in [0.25, 0.3) is 0 Å². The van der Waals surface area contributed by atoms with Crippen molar-refractivity contribution < 1.29 is 34.1 Å². The Morgan fingerprint density at radius 1 is 1.19 bits per heavy atom. The monoisotopic (exact) mass is 434 g/mol. The summed E-state index contributed by atoms with van der Waals surface area (Å²) in [5.41, 5.74) is -0.611. The summed E-state index contributed by atoms with van der Waals surface area (Å²) in [6, 6.07) is 0. The molecule has 3 aliphatic carbocycles. The van der Waals surface area contributed by atoms with Crippen molar-refractivity contribution in [2.45, 2.75) is 73.0 Å². The lowest BCUT2D eigenvalue weighted by Gasteiger charge is -2.58. The quantitative estimate of drug-likeness (QED) is 0.389. The van der Waals surface area contributed by atoms with E-state index in [0.717, 1.165) is 12.8 Å². The van der Waals surface area contributed by atoms with Gasteiger partial charge in [0.05, 0.1) is 18.3 Å². The molecule has 172 valence electrons. The van der Waals surface area contributed by atoms with Crippen LogP contribution in [0.1, 0.15) is 60.8 Å². The summed E-state index contributed by atoms with van der Waals surface area (Å²) in [5.74, 6) is -3.23. The third-order valence-corrected chi connectivity index (χ3v) is 7.39. The summed E-state index contributed by atoms with van der Waals surface area (Å²) in [6.45, 7) is 10.9. The number of Topliss-reactive ketones (excluding diaryl/α,β-unsaturated/α-hetero) is 2. The van der Waals surface area contributed by atoms with Crippen molar-refractivity contribution in [1.29, 1.82) is 0 Å². The van der Waals surface area contributed by atoms with Crippen LogP contribution < -0.4 is 0 Å². The lowest BCUT2D eigenvalue weighted by atomic mass is 9.47. The zero-order valence-corrected chi connectivity index (χ0v) is 19.3. The molecule has 0 unspecified atom stereocenters. The van der Waals surface area contributed by atoms with E-state index >= 15 is 0 Å². The average Bonchev–Trinajstić information content (AvgIpc) is 2.65. The minimum atomic E-state index is -0.938. The smallest absolute Gasteiger partial charge is 0.302 e. The molecule has 7 nitrogen and oxygen atoms in total. The normalized spacial score (nSPS) is 33.7. The summed E-state index contributed by atoms with van der Waals surface area (Å²) < 4.78 is 10.9.